The van der Waals surface area contributed by atoms with E-state index in [1.54, 1.807) is 11.3 Å². The van der Waals surface area contributed by atoms with Crippen LogP contribution in [0.4, 0.5) is 0 Å². The highest BCUT2D eigenvalue weighted by molar-refractivity contribution is 7.09. The van der Waals surface area contributed by atoms with E-state index in [2.05, 4.69) is 42.4 Å². The minimum atomic E-state index is -0.136. The van der Waals surface area contributed by atoms with Crippen molar-refractivity contribution in [1.29, 1.82) is 0 Å². The Morgan fingerprint density at radius 3 is 2.91 bits per heavy atom. The van der Waals surface area contributed by atoms with Gasteiger partial charge in [0.2, 0.25) is 11.8 Å². The van der Waals surface area contributed by atoms with Crippen LogP contribution in [0.1, 0.15) is 49.7 Å². The maximum absolute atomic E-state index is 12.2. The molecular formula is C16H21N3O2S. The van der Waals surface area contributed by atoms with Gasteiger partial charge in [0.1, 0.15) is 0 Å². The van der Waals surface area contributed by atoms with Crippen molar-refractivity contribution in [3.63, 3.8) is 0 Å². The normalized spacial score (nSPS) is 19.1. The summed E-state index contributed by atoms with van der Waals surface area (Å²) >= 11 is 1.73. The third-order valence-electron chi connectivity index (χ3n) is 3.88. The van der Waals surface area contributed by atoms with Gasteiger partial charge in [0.25, 0.3) is 0 Å². The van der Waals surface area contributed by atoms with Crippen LogP contribution in [0.5, 0.6) is 0 Å². The van der Waals surface area contributed by atoms with Crippen molar-refractivity contribution in [2.75, 3.05) is 13.1 Å². The molecule has 2 aromatic heterocycles. The van der Waals surface area contributed by atoms with Crippen molar-refractivity contribution in [1.82, 2.24) is 15.0 Å². The SMILES string of the molecule is CC(C)(C)c1noc([C@@H]2CC(=O)N(CCc3cccs3)C2)n1. The van der Waals surface area contributed by atoms with Crippen LogP contribution >= 0.6 is 11.3 Å². The lowest BCUT2D eigenvalue weighted by Crippen LogP contribution is -2.27. The van der Waals surface area contributed by atoms with Gasteiger partial charge in [-0.1, -0.05) is 32.0 Å². The van der Waals surface area contributed by atoms with E-state index in [4.69, 9.17) is 4.52 Å². The van der Waals surface area contributed by atoms with E-state index in [-0.39, 0.29) is 17.2 Å². The molecule has 0 bridgehead atoms. The number of rotatable bonds is 4. The van der Waals surface area contributed by atoms with Gasteiger partial charge in [-0.05, 0) is 17.9 Å². The molecule has 1 aliphatic heterocycles. The largest absolute Gasteiger partial charge is 0.342 e. The molecule has 0 unspecified atom stereocenters. The molecule has 1 saturated heterocycles. The van der Waals surface area contributed by atoms with Crippen LogP contribution in [0.3, 0.4) is 0 Å². The first kappa shape index (κ1) is 15.2. The van der Waals surface area contributed by atoms with Crippen LogP contribution < -0.4 is 0 Å². The molecular weight excluding hydrogens is 298 g/mol. The summed E-state index contributed by atoms with van der Waals surface area (Å²) in [6, 6.07) is 4.15. The number of carbonyl (C=O) groups is 1. The van der Waals surface area contributed by atoms with Gasteiger partial charge in [-0.3, -0.25) is 4.79 Å². The lowest BCUT2D eigenvalue weighted by Gasteiger charge is -2.15. The highest BCUT2D eigenvalue weighted by atomic mass is 32.1. The second-order valence-electron chi connectivity index (χ2n) is 6.78. The average molecular weight is 319 g/mol. The maximum Gasteiger partial charge on any atom is 0.232 e. The Kier molecular flexibility index (Phi) is 4.04. The lowest BCUT2D eigenvalue weighted by molar-refractivity contribution is -0.127. The Morgan fingerprint density at radius 1 is 1.45 bits per heavy atom. The van der Waals surface area contributed by atoms with E-state index >= 15 is 0 Å². The fraction of sp³-hybridized carbons (Fsp3) is 0.562. The number of amides is 1. The molecule has 0 radical (unpaired) electrons. The first-order valence-electron chi connectivity index (χ1n) is 7.58. The van der Waals surface area contributed by atoms with Crippen LogP contribution in [0.25, 0.3) is 0 Å². The molecule has 2 aromatic rings. The lowest BCUT2D eigenvalue weighted by atomic mass is 9.96. The summed E-state index contributed by atoms with van der Waals surface area (Å²) in [4.78, 5) is 19.9. The molecule has 1 atom stereocenters. The highest BCUT2D eigenvalue weighted by Gasteiger charge is 2.35. The first-order valence-corrected chi connectivity index (χ1v) is 8.45. The van der Waals surface area contributed by atoms with Gasteiger partial charge in [0.05, 0.1) is 5.92 Å². The molecule has 6 heteroatoms. The van der Waals surface area contributed by atoms with Crippen LogP contribution in [0, 0.1) is 0 Å². The van der Waals surface area contributed by atoms with Crippen molar-refractivity contribution < 1.29 is 9.32 Å². The predicted molar refractivity (Wildman–Crippen MR) is 85.0 cm³/mol. The summed E-state index contributed by atoms with van der Waals surface area (Å²) in [5, 5.41) is 6.12. The topological polar surface area (TPSA) is 59.2 Å². The number of likely N-dealkylation sites (tertiary alicyclic amines) is 1. The van der Waals surface area contributed by atoms with Crippen molar-refractivity contribution in [3.05, 3.63) is 34.1 Å². The number of aromatic nitrogens is 2. The van der Waals surface area contributed by atoms with Gasteiger partial charge in [-0.15, -0.1) is 11.3 Å². The maximum atomic E-state index is 12.2. The molecule has 0 aromatic carbocycles. The minimum Gasteiger partial charge on any atom is -0.342 e. The molecule has 0 aliphatic carbocycles. The number of hydrogen-bond acceptors (Lipinski definition) is 5. The fourth-order valence-corrected chi connectivity index (χ4v) is 3.26. The van der Waals surface area contributed by atoms with Crippen molar-refractivity contribution in [2.24, 2.45) is 0 Å². The first-order chi connectivity index (χ1) is 10.4. The van der Waals surface area contributed by atoms with E-state index in [0.717, 1.165) is 13.0 Å². The van der Waals surface area contributed by atoms with Crippen molar-refractivity contribution >= 4 is 17.2 Å². The molecule has 0 saturated carbocycles. The van der Waals surface area contributed by atoms with Crippen LogP contribution in [0.2, 0.25) is 0 Å². The summed E-state index contributed by atoms with van der Waals surface area (Å²) in [6.45, 7) is 7.59. The van der Waals surface area contributed by atoms with E-state index in [9.17, 15) is 4.79 Å². The van der Waals surface area contributed by atoms with E-state index in [0.29, 0.717) is 24.7 Å². The molecule has 3 heterocycles. The third kappa shape index (κ3) is 3.21. The number of thiophene rings is 1. The zero-order chi connectivity index (χ0) is 15.7. The Hall–Kier alpha value is -1.69. The van der Waals surface area contributed by atoms with E-state index in [1.165, 1.54) is 4.88 Å². The number of nitrogens with zero attached hydrogens (tertiary/aromatic N) is 3. The van der Waals surface area contributed by atoms with Gasteiger partial charge in [0.15, 0.2) is 5.82 Å². The smallest absolute Gasteiger partial charge is 0.232 e. The number of hydrogen-bond donors (Lipinski definition) is 0. The van der Waals surface area contributed by atoms with Crippen molar-refractivity contribution in [2.45, 2.75) is 44.9 Å². The Morgan fingerprint density at radius 2 is 2.27 bits per heavy atom. The van der Waals surface area contributed by atoms with E-state index < -0.39 is 0 Å². The van der Waals surface area contributed by atoms with Gasteiger partial charge >= 0.3 is 0 Å². The molecule has 0 N–H and O–H groups in total. The molecule has 3 rings (SSSR count). The predicted octanol–water partition coefficient (Wildman–Crippen LogP) is 2.99. The van der Waals surface area contributed by atoms with Crippen LogP contribution in [-0.2, 0) is 16.6 Å². The Bertz CT molecular complexity index is 643. The average Bonchev–Trinajstić information content (AvgIpc) is 3.16. The zero-order valence-electron chi connectivity index (χ0n) is 13.2. The monoisotopic (exact) mass is 319 g/mol. The molecule has 1 amide bonds. The van der Waals surface area contributed by atoms with Gasteiger partial charge in [-0.25, -0.2) is 0 Å². The van der Waals surface area contributed by atoms with Gasteiger partial charge in [0, 0.05) is 29.8 Å². The molecule has 5 nitrogen and oxygen atoms in total. The van der Waals surface area contributed by atoms with Crippen LogP contribution in [0.15, 0.2) is 22.0 Å². The molecule has 1 fully saturated rings. The van der Waals surface area contributed by atoms with Crippen molar-refractivity contribution in [3.8, 4) is 0 Å². The molecule has 22 heavy (non-hydrogen) atoms. The van der Waals surface area contributed by atoms with Gasteiger partial charge < -0.3 is 9.42 Å². The fourth-order valence-electron chi connectivity index (χ4n) is 2.56. The quantitative estimate of drug-likeness (QED) is 0.869. The Balaban J connectivity index is 1.63. The summed E-state index contributed by atoms with van der Waals surface area (Å²) in [5.41, 5.74) is -0.136. The number of carbonyl (C=O) groups excluding carboxylic acids is 1. The summed E-state index contributed by atoms with van der Waals surface area (Å²) < 4.78 is 5.38. The highest BCUT2D eigenvalue weighted by Crippen LogP contribution is 2.29. The summed E-state index contributed by atoms with van der Waals surface area (Å²) in [5.74, 6) is 1.50. The molecule has 0 spiro atoms. The molecule has 118 valence electrons. The standard InChI is InChI=1S/C16H21N3O2S/c1-16(2,3)15-17-14(21-18-15)11-9-13(20)19(10-11)7-6-12-5-4-8-22-12/h4-5,8,11H,6-7,9-10H2,1-3H3/t11-/m1/s1. The minimum absolute atomic E-state index is 0.0273. The second-order valence-corrected chi connectivity index (χ2v) is 7.81. The van der Waals surface area contributed by atoms with Gasteiger partial charge in [-0.2, -0.15) is 4.98 Å². The molecule has 1 aliphatic rings. The summed E-state index contributed by atoms with van der Waals surface area (Å²) in [7, 11) is 0. The summed E-state index contributed by atoms with van der Waals surface area (Å²) in [6.07, 6.45) is 1.38. The Labute approximate surface area is 134 Å². The van der Waals surface area contributed by atoms with Crippen LogP contribution in [-0.4, -0.2) is 34.0 Å². The third-order valence-corrected chi connectivity index (χ3v) is 4.82. The van der Waals surface area contributed by atoms with E-state index in [1.807, 2.05) is 11.0 Å². The second kappa shape index (κ2) is 5.83. The zero-order valence-corrected chi connectivity index (χ0v) is 14.0.